The van der Waals surface area contributed by atoms with E-state index in [0.717, 1.165) is 11.8 Å². The van der Waals surface area contributed by atoms with Crippen molar-refractivity contribution >= 4 is 23.4 Å². The number of nitrogens with zero attached hydrogens (tertiary/aromatic N) is 2. The van der Waals surface area contributed by atoms with Crippen molar-refractivity contribution in [3.63, 3.8) is 0 Å². The molecule has 3 rings (SSSR count). The molecule has 0 fully saturated rings. The number of hydrogen-bond donors (Lipinski definition) is 1. The van der Waals surface area contributed by atoms with E-state index in [1.165, 1.54) is 13.3 Å². The summed E-state index contributed by atoms with van der Waals surface area (Å²) in [5.41, 5.74) is -1.48. The number of aromatic nitrogens is 3. The predicted octanol–water partition coefficient (Wildman–Crippen LogP) is 4.40. The SMILES string of the molecule is COc1ccc(-c2cnc(CSc3nc(C(F)(F)F)cc(=O)[nH]3)o2)cc1Cl. The molecule has 2 heterocycles. The van der Waals surface area contributed by atoms with Crippen LogP contribution in [0.3, 0.4) is 0 Å². The zero-order valence-corrected chi connectivity index (χ0v) is 15.2. The van der Waals surface area contributed by atoms with Crippen LogP contribution in [0.2, 0.25) is 5.02 Å². The van der Waals surface area contributed by atoms with E-state index in [1.54, 1.807) is 18.2 Å². The van der Waals surface area contributed by atoms with Crippen molar-refractivity contribution in [2.24, 2.45) is 0 Å². The van der Waals surface area contributed by atoms with E-state index in [2.05, 4.69) is 15.0 Å². The molecule has 0 aliphatic carbocycles. The number of hydrogen-bond acceptors (Lipinski definition) is 6. The van der Waals surface area contributed by atoms with Crippen molar-refractivity contribution in [1.29, 1.82) is 0 Å². The van der Waals surface area contributed by atoms with Crippen molar-refractivity contribution in [1.82, 2.24) is 15.0 Å². The normalized spacial score (nSPS) is 11.6. The summed E-state index contributed by atoms with van der Waals surface area (Å²) in [5, 5.41) is 0.218. The molecular formula is C16H11ClF3N3O3S. The van der Waals surface area contributed by atoms with Crippen molar-refractivity contribution in [2.75, 3.05) is 7.11 Å². The van der Waals surface area contributed by atoms with Crippen LogP contribution in [-0.2, 0) is 11.9 Å². The fourth-order valence-electron chi connectivity index (χ4n) is 2.11. The van der Waals surface area contributed by atoms with Crippen LogP contribution in [0.4, 0.5) is 13.2 Å². The first-order valence-electron chi connectivity index (χ1n) is 7.36. The van der Waals surface area contributed by atoms with Gasteiger partial charge in [0.2, 0.25) is 5.89 Å². The molecule has 0 atom stereocenters. The lowest BCUT2D eigenvalue weighted by Gasteiger charge is -2.06. The van der Waals surface area contributed by atoms with Gasteiger partial charge in [0.05, 0.1) is 24.1 Å². The molecule has 6 nitrogen and oxygen atoms in total. The Hall–Kier alpha value is -2.46. The van der Waals surface area contributed by atoms with Gasteiger partial charge in [-0.05, 0) is 18.2 Å². The van der Waals surface area contributed by atoms with E-state index >= 15 is 0 Å². The fraction of sp³-hybridized carbons (Fsp3) is 0.188. The molecule has 142 valence electrons. The van der Waals surface area contributed by atoms with E-state index in [0.29, 0.717) is 28.2 Å². The van der Waals surface area contributed by atoms with Gasteiger partial charge in [0.15, 0.2) is 16.6 Å². The summed E-state index contributed by atoms with van der Waals surface area (Å²) in [6.45, 7) is 0. The number of aromatic amines is 1. The number of thioether (sulfide) groups is 1. The standard InChI is InChI=1S/C16H11ClF3N3O3S/c1-25-10-3-2-8(4-9(10)17)11-6-21-14(26-11)7-27-15-22-12(16(18,19)20)5-13(24)23-15/h2-6H,7H2,1H3,(H,22,23,24). The minimum Gasteiger partial charge on any atom is -0.495 e. The van der Waals surface area contributed by atoms with Crippen LogP contribution in [0.5, 0.6) is 5.75 Å². The molecule has 0 aliphatic heterocycles. The minimum atomic E-state index is -4.70. The van der Waals surface area contributed by atoms with Crippen molar-refractivity contribution in [2.45, 2.75) is 17.1 Å². The first-order chi connectivity index (χ1) is 12.8. The van der Waals surface area contributed by atoms with E-state index in [-0.39, 0.29) is 16.8 Å². The van der Waals surface area contributed by atoms with Gasteiger partial charge in [-0.15, -0.1) is 0 Å². The largest absolute Gasteiger partial charge is 0.495 e. The Bertz CT molecular complexity index is 1020. The summed E-state index contributed by atoms with van der Waals surface area (Å²) in [5.74, 6) is 1.27. The quantitative estimate of drug-likeness (QED) is 0.489. The lowest BCUT2D eigenvalue weighted by Crippen LogP contribution is -2.16. The van der Waals surface area contributed by atoms with Gasteiger partial charge in [-0.3, -0.25) is 4.79 Å². The van der Waals surface area contributed by atoms with Crippen LogP contribution >= 0.6 is 23.4 Å². The Kier molecular flexibility index (Phi) is 5.47. The Labute approximate surface area is 159 Å². The Morgan fingerprint density at radius 1 is 1.33 bits per heavy atom. The molecule has 1 aromatic carbocycles. The number of H-pyrrole nitrogens is 1. The van der Waals surface area contributed by atoms with Crippen LogP contribution in [-0.4, -0.2) is 22.1 Å². The molecular weight excluding hydrogens is 407 g/mol. The number of nitrogens with one attached hydrogen (secondary N) is 1. The van der Waals surface area contributed by atoms with E-state index in [9.17, 15) is 18.0 Å². The first kappa shape index (κ1) is 19.3. The third-order valence-electron chi connectivity index (χ3n) is 3.33. The maximum atomic E-state index is 12.7. The molecule has 2 aromatic heterocycles. The van der Waals surface area contributed by atoms with Gasteiger partial charge in [-0.25, -0.2) is 9.97 Å². The van der Waals surface area contributed by atoms with Gasteiger partial charge < -0.3 is 14.1 Å². The number of rotatable bonds is 5. The highest BCUT2D eigenvalue weighted by Gasteiger charge is 2.33. The Morgan fingerprint density at radius 3 is 2.78 bits per heavy atom. The average Bonchev–Trinajstić information content (AvgIpc) is 3.08. The van der Waals surface area contributed by atoms with Crippen molar-refractivity contribution in [3.8, 4) is 17.1 Å². The Balaban J connectivity index is 1.74. The maximum Gasteiger partial charge on any atom is 0.433 e. The van der Waals surface area contributed by atoms with Gasteiger partial charge in [0.1, 0.15) is 5.75 Å². The van der Waals surface area contributed by atoms with Gasteiger partial charge in [-0.1, -0.05) is 23.4 Å². The number of methoxy groups -OCH3 is 1. The van der Waals surface area contributed by atoms with E-state index in [4.69, 9.17) is 20.8 Å². The van der Waals surface area contributed by atoms with E-state index in [1.807, 2.05) is 0 Å². The molecule has 0 unspecified atom stereocenters. The third kappa shape index (κ3) is 4.64. The number of alkyl halides is 3. The number of benzene rings is 1. The lowest BCUT2D eigenvalue weighted by atomic mass is 10.2. The van der Waals surface area contributed by atoms with Crippen molar-refractivity contribution in [3.05, 3.63) is 57.4 Å². The molecule has 0 saturated carbocycles. The molecule has 0 radical (unpaired) electrons. The van der Waals surface area contributed by atoms with Crippen LogP contribution < -0.4 is 10.3 Å². The fourth-order valence-corrected chi connectivity index (χ4v) is 3.10. The molecule has 0 amide bonds. The summed E-state index contributed by atoms with van der Waals surface area (Å²) in [6, 6.07) is 5.45. The predicted molar refractivity (Wildman–Crippen MR) is 92.9 cm³/mol. The highest BCUT2D eigenvalue weighted by atomic mass is 35.5. The maximum absolute atomic E-state index is 12.7. The van der Waals surface area contributed by atoms with Crippen LogP contribution in [0.1, 0.15) is 11.6 Å². The first-order valence-corrected chi connectivity index (χ1v) is 8.72. The highest BCUT2D eigenvalue weighted by Crippen LogP contribution is 2.32. The number of halogens is 4. The second kappa shape index (κ2) is 7.65. The molecule has 0 saturated heterocycles. The Morgan fingerprint density at radius 2 is 2.11 bits per heavy atom. The van der Waals surface area contributed by atoms with Gasteiger partial charge in [0.25, 0.3) is 5.56 Å². The topological polar surface area (TPSA) is 81.0 Å². The van der Waals surface area contributed by atoms with Crippen LogP contribution in [0, 0.1) is 0 Å². The second-order valence-corrected chi connectivity index (χ2v) is 6.56. The molecule has 0 aliphatic rings. The van der Waals surface area contributed by atoms with Crippen LogP contribution in [0.25, 0.3) is 11.3 Å². The number of ether oxygens (including phenoxy) is 1. The minimum absolute atomic E-state index is 0.0775. The molecule has 11 heteroatoms. The molecule has 3 aromatic rings. The van der Waals surface area contributed by atoms with Gasteiger partial charge in [0, 0.05) is 11.6 Å². The summed E-state index contributed by atoms with van der Waals surface area (Å²) < 4.78 is 48.8. The summed E-state index contributed by atoms with van der Waals surface area (Å²) in [6.07, 6.45) is -3.23. The molecule has 0 bridgehead atoms. The molecule has 1 N–H and O–H groups in total. The molecule has 0 spiro atoms. The zero-order chi connectivity index (χ0) is 19.6. The highest BCUT2D eigenvalue weighted by molar-refractivity contribution is 7.98. The lowest BCUT2D eigenvalue weighted by molar-refractivity contribution is -0.141. The third-order valence-corrected chi connectivity index (χ3v) is 4.49. The van der Waals surface area contributed by atoms with Crippen molar-refractivity contribution < 1.29 is 22.3 Å². The number of oxazole rings is 1. The van der Waals surface area contributed by atoms with Crippen LogP contribution in [0.15, 0.2) is 44.8 Å². The average molecular weight is 418 g/mol. The summed E-state index contributed by atoms with van der Waals surface area (Å²) >= 11 is 6.94. The smallest absolute Gasteiger partial charge is 0.433 e. The summed E-state index contributed by atoms with van der Waals surface area (Å²) in [7, 11) is 1.50. The second-order valence-electron chi connectivity index (χ2n) is 5.19. The summed E-state index contributed by atoms with van der Waals surface area (Å²) in [4.78, 5) is 21.1. The zero-order valence-electron chi connectivity index (χ0n) is 13.6. The molecule has 27 heavy (non-hydrogen) atoms. The monoisotopic (exact) mass is 417 g/mol. The van der Waals surface area contributed by atoms with E-state index < -0.39 is 17.4 Å². The van der Waals surface area contributed by atoms with Gasteiger partial charge in [-0.2, -0.15) is 13.2 Å². The van der Waals surface area contributed by atoms with Gasteiger partial charge >= 0.3 is 6.18 Å².